The van der Waals surface area contributed by atoms with Gasteiger partial charge >= 0.3 is 0 Å². The third-order valence-corrected chi connectivity index (χ3v) is 5.51. The van der Waals surface area contributed by atoms with Crippen LogP contribution in [0, 0.1) is 0 Å². The molecule has 1 aromatic heterocycles. The number of hydrogen-bond acceptors (Lipinski definition) is 5. The van der Waals surface area contributed by atoms with E-state index in [-0.39, 0.29) is 23.7 Å². The maximum atomic E-state index is 12.5. The summed E-state index contributed by atoms with van der Waals surface area (Å²) in [4.78, 5) is 26.0. The van der Waals surface area contributed by atoms with E-state index in [0.717, 1.165) is 15.7 Å². The van der Waals surface area contributed by atoms with E-state index in [9.17, 15) is 9.59 Å². The Balaban J connectivity index is 1.69. The number of aromatic nitrogens is 2. The molecule has 1 aromatic rings. The van der Waals surface area contributed by atoms with Gasteiger partial charge in [-0.2, -0.15) is 0 Å². The van der Waals surface area contributed by atoms with Gasteiger partial charge in [-0.05, 0) is 25.0 Å². The summed E-state index contributed by atoms with van der Waals surface area (Å²) in [6.45, 7) is 6.12. The second kappa shape index (κ2) is 6.29. The maximum absolute atomic E-state index is 12.5. The molecular formula is C16H19ClN4O2S. The Bertz CT molecular complexity index is 748. The standard InChI is InChI=1S/C16H19ClN4O2S/c1-16(2,3)14-19-20-15(24-14)18-13(23)11-8-12(22)21(11)10-6-4-9(17)5-7-10/h4,6,11H,5,7-8H2,1-3H3,(H,18,20,23)/t11-/m0/s1. The van der Waals surface area contributed by atoms with E-state index in [0.29, 0.717) is 18.0 Å². The molecule has 0 unspecified atom stereocenters. The third-order valence-electron chi connectivity index (χ3n) is 3.93. The third kappa shape index (κ3) is 3.37. The number of nitrogens with one attached hydrogen (secondary N) is 1. The number of carbonyl (C=O) groups excluding carboxylic acids is 2. The molecule has 1 aliphatic carbocycles. The van der Waals surface area contributed by atoms with E-state index in [1.807, 2.05) is 26.8 Å². The van der Waals surface area contributed by atoms with E-state index in [2.05, 4.69) is 15.5 Å². The second-order valence-corrected chi connectivity index (χ2v) is 8.37. The molecular weight excluding hydrogens is 348 g/mol. The highest BCUT2D eigenvalue weighted by Crippen LogP contribution is 2.33. The van der Waals surface area contributed by atoms with Gasteiger partial charge in [0.2, 0.25) is 16.9 Å². The minimum atomic E-state index is -0.490. The number of likely N-dealkylation sites (tertiary alicyclic amines) is 1. The van der Waals surface area contributed by atoms with Gasteiger partial charge in [-0.1, -0.05) is 43.7 Å². The Morgan fingerprint density at radius 2 is 2.08 bits per heavy atom. The van der Waals surface area contributed by atoms with Crippen molar-refractivity contribution in [3.63, 3.8) is 0 Å². The first-order valence-electron chi connectivity index (χ1n) is 7.78. The van der Waals surface area contributed by atoms with Crippen molar-refractivity contribution >= 4 is 39.9 Å². The van der Waals surface area contributed by atoms with Crippen LogP contribution in [0.15, 0.2) is 22.9 Å². The van der Waals surface area contributed by atoms with Crippen LogP contribution in [-0.4, -0.2) is 33.0 Å². The average Bonchev–Trinajstić information content (AvgIpc) is 2.95. The Hall–Kier alpha value is -1.73. The number of anilines is 1. The van der Waals surface area contributed by atoms with Crippen LogP contribution in [0.2, 0.25) is 0 Å². The summed E-state index contributed by atoms with van der Waals surface area (Å²) in [7, 11) is 0. The number of hydrogen-bond donors (Lipinski definition) is 1. The topological polar surface area (TPSA) is 75.2 Å². The zero-order chi connectivity index (χ0) is 17.5. The molecule has 24 heavy (non-hydrogen) atoms. The SMILES string of the molecule is CC(C)(C)c1nnc(NC(=O)[C@@H]2CC(=O)N2C2=CC=C(Cl)CC2)s1. The zero-order valence-corrected chi connectivity index (χ0v) is 15.4. The summed E-state index contributed by atoms with van der Waals surface area (Å²) >= 11 is 7.31. The zero-order valence-electron chi connectivity index (χ0n) is 13.8. The van der Waals surface area contributed by atoms with Crippen LogP contribution in [0.5, 0.6) is 0 Å². The molecule has 0 bridgehead atoms. The van der Waals surface area contributed by atoms with Crippen molar-refractivity contribution in [2.45, 2.75) is 51.5 Å². The van der Waals surface area contributed by atoms with Crippen LogP contribution in [0.1, 0.15) is 45.0 Å². The lowest BCUT2D eigenvalue weighted by Crippen LogP contribution is -2.57. The quantitative estimate of drug-likeness (QED) is 0.833. The highest BCUT2D eigenvalue weighted by molar-refractivity contribution is 7.15. The number of rotatable bonds is 3. The van der Waals surface area contributed by atoms with Crippen molar-refractivity contribution in [1.29, 1.82) is 0 Å². The number of β-lactam (4-membered cyclic amide) rings is 1. The van der Waals surface area contributed by atoms with Crippen molar-refractivity contribution in [2.75, 3.05) is 5.32 Å². The predicted molar refractivity (Wildman–Crippen MR) is 93.7 cm³/mol. The summed E-state index contributed by atoms with van der Waals surface area (Å²) in [6.07, 6.45) is 5.16. The molecule has 1 fully saturated rings. The summed E-state index contributed by atoms with van der Waals surface area (Å²) in [6, 6.07) is -0.490. The molecule has 6 nitrogen and oxygen atoms in total. The van der Waals surface area contributed by atoms with Crippen LogP contribution >= 0.6 is 22.9 Å². The largest absolute Gasteiger partial charge is 0.303 e. The smallest absolute Gasteiger partial charge is 0.249 e. The fraction of sp³-hybridized carbons (Fsp3) is 0.500. The first-order valence-corrected chi connectivity index (χ1v) is 8.97. The average molecular weight is 367 g/mol. The summed E-state index contributed by atoms with van der Waals surface area (Å²) in [5, 5.41) is 13.0. The monoisotopic (exact) mass is 366 g/mol. The normalized spacial score (nSPS) is 21.1. The Morgan fingerprint density at radius 1 is 1.33 bits per heavy atom. The number of carbonyl (C=O) groups is 2. The lowest BCUT2D eigenvalue weighted by atomic mass is 9.97. The Kier molecular flexibility index (Phi) is 4.48. The molecule has 2 heterocycles. The van der Waals surface area contributed by atoms with Crippen molar-refractivity contribution in [3.05, 3.63) is 27.9 Å². The van der Waals surface area contributed by atoms with Gasteiger partial charge in [-0.15, -0.1) is 10.2 Å². The molecule has 1 N–H and O–H groups in total. The van der Waals surface area contributed by atoms with E-state index < -0.39 is 6.04 Å². The molecule has 3 rings (SSSR count). The number of halogens is 1. The van der Waals surface area contributed by atoms with Gasteiger partial charge in [0.25, 0.3) is 0 Å². The number of allylic oxidation sites excluding steroid dienone is 4. The van der Waals surface area contributed by atoms with E-state index >= 15 is 0 Å². The second-order valence-electron chi connectivity index (χ2n) is 6.91. The van der Waals surface area contributed by atoms with Gasteiger partial charge in [0.1, 0.15) is 11.0 Å². The molecule has 0 aromatic carbocycles. The summed E-state index contributed by atoms with van der Waals surface area (Å²) in [5.74, 6) is -0.270. The van der Waals surface area contributed by atoms with Gasteiger partial charge in [-0.25, -0.2) is 0 Å². The van der Waals surface area contributed by atoms with Crippen molar-refractivity contribution in [1.82, 2.24) is 15.1 Å². The molecule has 1 saturated heterocycles. The Morgan fingerprint density at radius 3 is 2.62 bits per heavy atom. The highest BCUT2D eigenvalue weighted by atomic mass is 35.5. The van der Waals surface area contributed by atoms with Gasteiger partial charge in [-0.3, -0.25) is 14.9 Å². The molecule has 8 heteroatoms. The van der Waals surface area contributed by atoms with Crippen molar-refractivity contribution < 1.29 is 9.59 Å². The van der Waals surface area contributed by atoms with Gasteiger partial charge in [0.15, 0.2) is 0 Å². The molecule has 0 radical (unpaired) electrons. The predicted octanol–water partition coefficient (Wildman–Crippen LogP) is 3.18. The van der Waals surface area contributed by atoms with Gasteiger partial charge in [0, 0.05) is 16.1 Å². The summed E-state index contributed by atoms with van der Waals surface area (Å²) < 4.78 is 0. The maximum Gasteiger partial charge on any atom is 0.249 e. The van der Waals surface area contributed by atoms with Crippen LogP contribution in [0.25, 0.3) is 0 Å². The highest BCUT2D eigenvalue weighted by Gasteiger charge is 2.43. The molecule has 128 valence electrons. The van der Waals surface area contributed by atoms with Crippen LogP contribution in [0.3, 0.4) is 0 Å². The van der Waals surface area contributed by atoms with Crippen molar-refractivity contribution in [2.24, 2.45) is 0 Å². The molecule has 1 atom stereocenters. The first-order chi connectivity index (χ1) is 11.3. The van der Waals surface area contributed by atoms with Crippen LogP contribution in [0.4, 0.5) is 5.13 Å². The van der Waals surface area contributed by atoms with Crippen molar-refractivity contribution in [3.8, 4) is 0 Å². The summed E-state index contributed by atoms with van der Waals surface area (Å²) in [5.41, 5.74) is 0.723. The molecule has 0 saturated carbocycles. The fourth-order valence-electron chi connectivity index (χ4n) is 2.55. The minimum absolute atomic E-state index is 0.0412. The van der Waals surface area contributed by atoms with Crippen LogP contribution in [-0.2, 0) is 15.0 Å². The van der Waals surface area contributed by atoms with E-state index in [1.165, 1.54) is 11.3 Å². The van der Waals surface area contributed by atoms with E-state index in [1.54, 1.807) is 11.0 Å². The molecule has 1 aliphatic heterocycles. The first kappa shape index (κ1) is 17.1. The number of nitrogens with zero attached hydrogens (tertiary/aromatic N) is 3. The molecule has 2 aliphatic rings. The Labute approximate surface area is 149 Å². The van der Waals surface area contributed by atoms with Crippen LogP contribution < -0.4 is 5.32 Å². The fourth-order valence-corrected chi connectivity index (χ4v) is 3.52. The lowest BCUT2D eigenvalue weighted by Gasteiger charge is -2.41. The van der Waals surface area contributed by atoms with Gasteiger partial charge < -0.3 is 4.90 Å². The lowest BCUT2D eigenvalue weighted by molar-refractivity contribution is -0.148. The van der Waals surface area contributed by atoms with E-state index in [4.69, 9.17) is 11.6 Å². The molecule has 0 spiro atoms. The number of amides is 2. The van der Waals surface area contributed by atoms with Gasteiger partial charge in [0.05, 0.1) is 6.42 Å². The molecule has 2 amide bonds. The minimum Gasteiger partial charge on any atom is -0.303 e.